The van der Waals surface area contributed by atoms with Crippen LogP contribution in [-0.2, 0) is 14.8 Å². The lowest BCUT2D eigenvalue weighted by molar-refractivity contribution is 0.187. The number of sulfonamides is 1. The number of thiazole rings is 1. The summed E-state index contributed by atoms with van der Waals surface area (Å²) in [6.45, 7) is 5.27. The Morgan fingerprint density at radius 1 is 1.13 bits per heavy atom. The molecule has 0 aliphatic rings. The van der Waals surface area contributed by atoms with Crippen LogP contribution < -0.4 is 15.8 Å². The summed E-state index contributed by atoms with van der Waals surface area (Å²) in [5.41, 5.74) is 7.37. The van der Waals surface area contributed by atoms with E-state index in [1.54, 1.807) is 51.2 Å². The van der Waals surface area contributed by atoms with Gasteiger partial charge >= 0.3 is 6.09 Å². The van der Waals surface area contributed by atoms with Crippen molar-refractivity contribution in [3.8, 4) is 21.0 Å². The zero-order chi connectivity index (χ0) is 22.8. The number of nitrogens with one attached hydrogen (secondary N) is 2. The molecule has 0 saturated carbocycles. The molecule has 8 nitrogen and oxygen atoms in total. The normalized spacial score (nSPS) is 11.9. The first-order valence-electron chi connectivity index (χ1n) is 9.33. The van der Waals surface area contributed by atoms with Gasteiger partial charge in [-0.25, -0.2) is 22.9 Å². The number of carbonyl (C=O) groups is 1. The molecule has 4 N–H and O–H groups in total. The molecule has 2 aromatic carbocycles. The Hall–Kier alpha value is -2.95. The van der Waals surface area contributed by atoms with E-state index < -0.39 is 21.7 Å². The van der Waals surface area contributed by atoms with Gasteiger partial charge in [-0.1, -0.05) is 6.07 Å². The van der Waals surface area contributed by atoms with Crippen LogP contribution in [0.2, 0.25) is 0 Å². The molecule has 3 aromatic rings. The molecule has 31 heavy (non-hydrogen) atoms. The van der Waals surface area contributed by atoms with Crippen molar-refractivity contribution in [1.29, 1.82) is 0 Å². The summed E-state index contributed by atoms with van der Waals surface area (Å²) in [6.07, 6.45) is 0.943. The van der Waals surface area contributed by atoms with Gasteiger partial charge in [0, 0.05) is 34.2 Å². The van der Waals surface area contributed by atoms with Crippen LogP contribution in [0.15, 0.2) is 53.6 Å². The highest BCUT2D eigenvalue weighted by Gasteiger charge is 2.26. The quantitative estimate of drug-likeness (QED) is 0.487. The molecule has 1 amide bonds. The summed E-state index contributed by atoms with van der Waals surface area (Å²) in [5, 5.41) is 3.24. The lowest BCUT2D eigenvalue weighted by Crippen LogP contribution is -2.40. The van der Waals surface area contributed by atoms with E-state index in [0.29, 0.717) is 21.8 Å². The zero-order valence-electron chi connectivity index (χ0n) is 17.6. The number of ether oxygens (including phenoxy) is 1. The van der Waals surface area contributed by atoms with E-state index >= 15 is 0 Å². The van der Waals surface area contributed by atoms with Crippen molar-refractivity contribution in [2.45, 2.75) is 31.2 Å². The molecule has 0 aliphatic heterocycles. The predicted molar refractivity (Wildman–Crippen MR) is 124 cm³/mol. The predicted octanol–water partition coefficient (Wildman–Crippen LogP) is 4.31. The van der Waals surface area contributed by atoms with Crippen molar-refractivity contribution in [1.82, 2.24) is 9.71 Å². The molecule has 3 rings (SSSR count). The van der Waals surface area contributed by atoms with Crippen molar-refractivity contribution in [3.63, 3.8) is 0 Å². The Bertz CT molecular complexity index is 1200. The Morgan fingerprint density at radius 3 is 2.42 bits per heavy atom. The second-order valence-corrected chi connectivity index (χ2v) is 10.5. The molecule has 1 aromatic heterocycles. The number of carbonyl (C=O) groups excluding carboxylic acids is 1. The van der Waals surface area contributed by atoms with Gasteiger partial charge in [-0.05, 0) is 57.2 Å². The van der Waals surface area contributed by atoms with Crippen LogP contribution >= 0.6 is 11.3 Å². The van der Waals surface area contributed by atoms with Gasteiger partial charge in [-0.15, -0.1) is 11.3 Å². The maximum absolute atomic E-state index is 13.2. The van der Waals surface area contributed by atoms with Crippen molar-refractivity contribution < 1.29 is 17.9 Å². The molecular weight excluding hydrogens is 436 g/mol. The number of hydrogen-bond donors (Lipinski definition) is 3. The number of nitrogen functional groups attached to an aromatic ring is 1. The minimum atomic E-state index is -3.90. The van der Waals surface area contributed by atoms with Gasteiger partial charge in [0.1, 0.15) is 5.01 Å². The van der Waals surface area contributed by atoms with Crippen molar-refractivity contribution in [3.05, 3.63) is 48.7 Å². The first-order valence-corrected chi connectivity index (χ1v) is 11.6. The number of aromatic nitrogens is 1. The van der Waals surface area contributed by atoms with Gasteiger partial charge < -0.3 is 10.5 Å². The highest BCUT2D eigenvalue weighted by molar-refractivity contribution is 7.89. The fourth-order valence-electron chi connectivity index (χ4n) is 2.81. The van der Waals surface area contributed by atoms with Crippen LogP contribution in [0.4, 0.5) is 16.2 Å². The minimum absolute atomic E-state index is 0.0313. The van der Waals surface area contributed by atoms with Crippen molar-refractivity contribution in [2.75, 3.05) is 18.2 Å². The summed E-state index contributed by atoms with van der Waals surface area (Å²) in [7, 11) is -2.67. The Kier molecular flexibility index (Phi) is 6.35. The van der Waals surface area contributed by atoms with Crippen molar-refractivity contribution >= 4 is 38.8 Å². The third kappa shape index (κ3) is 5.60. The lowest BCUT2D eigenvalue weighted by Gasteiger charge is -2.22. The number of amides is 1. The molecule has 0 fully saturated rings. The number of methoxy groups -OCH3 is 1. The molecule has 0 bridgehead atoms. The SMILES string of the molecule is COC(=O)Nc1ccc(-c2cnc(-c3ccc(N)cc3)s2)c(S(=O)(=O)NC(C)(C)C)c1. The molecule has 0 spiro atoms. The topological polar surface area (TPSA) is 123 Å². The molecule has 0 unspecified atom stereocenters. The molecule has 0 saturated heterocycles. The van der Waals surface area contributed by atoms with Gasteiger partial charge in [0.2, 0.25) is 10.0 Å². The highest BCUT2D eigenvalue weighted by Crippen LogP contribution is 2.37. The largest absolute Gasteiger partial charge is 0.453 e. The number of nitrogens with zero attached hydrogens (tertiary/aromatic N) is 1. The van der Waals surface area contributed by atoms with Gasteiger partial charge in [0.25, 0.3) is 0 Å². The standard InChI is InChI=1S/C21H24N4O4S2/c1-21(2,3)25-31(27,28)18-11-15(24-20(26)29-4)9-10-16(18)17-12-23-19(30-17)13-5-7-14(22)8-6-13/h5-12,25H,22H2,1-4H3,(H,24,26). The molecule has 164 valence electrons. The second-order valence-electron chi connectivity index (χ2n) is 7.83. The van der Waals surface area contributed by atoms with Crippen LogP contribution in [0.3, 0.4) is 0 Å². The summed E-state index contributed by atoms with van der Waals surface area (Å²) >= 11 is 1.36. The molecule has 0 aliphatic carbocycles. The monoisotopic (exact) mass is 460 g/mol. The minimum Gasteiger partial charge on any atom is -0.453 e. The molecule has 1 heterocycles. The van der Waals surface area contributed by atoms with E-state index in [9.17, 15) is 13.2 Å². The number of hydrogen-bond acceptors (Lipinski definition) is 7. The van der Waals surface area contributed by atoms with E-state index in [1.807, 2.05) is 12.1 Å². The van der Waals surface area contributed by atoms with Crippen LogP contribution in [0, 0.1) is 0 Å². The van der Waals surface area contributed by atoms with Gasteiger partial charge in [-0.2, -0.15) is 0 Å². The summed E-state index contributed by atoms with van der Waals surface area (Å²) < 4.78 is 33.6. The molecule has 0 radical (unpaired) electrons. The van der Waals surface area contributed by atoms with E-state index in [-0.39, 0.29) is 4.90 Å². The number of rotatable bonds is 5. The van der Waals surface area contributed by atoms with Crippen LogP contribution in [-0.4, -0.2) is 32.1 Å². The van der Waals surface area contributed by atoms with Crippen molar-refractivity contribution in [2.24, 2.45) is 0 Å². The Labute approximate surface area is 185 Å². The van der Waals surface area contributed by atoms with Crippen LogP contribution in [0.1, 0.15) is 20.8 Å². The third-order valence-electron chi connectivity index (χ3n) is 4.07. The van der Waals surface area contributed by atoms with Crippen LogP contribution in [0.5, 0.6) is 0 Å². The van der Waals surface area contributed by atoms with Crippen LogP contribution in [0.25, 0.3) is 21.0 Å². The Balaban J connectivity index is 2.09. The zero-order valence-corrected chi connectivity index (χ0v) is 19.2. The number of nitrogens with two attached hydrogens (primary N) is 1. The second kappa shape index (κ2) is 8.66. The maximum Gasteiger partial charge on any atom is 0.411 e. The number of anilines is 2. The molecule has 0 atom stereocenters. The molecule has 10 heteroatoms. The van der Waals surface area contributed by atoms with E-state index in [2.05, 4.69) is 19.8 Å². The van der Waals surface area contributed by atoms with E-state index in [0.717, 1.165) is 10.6 Å². The summed E-state index contributed by atoms with van der Waals surface area (Å²) in [5.74, 6) is 0. The van der Waals surface area contributed by atoms with E-state index in [4.69, 9.17) is 5.73 Å². The summed E-state index contributed by atoms with van der Waals surface area (Å²) in [6, 6.07) is 12.0. The smallest absolute Gasteiger partial charge is 0.411 e. The van der Waals surface area contributed by atoms with Gasteiger partial charge in [0.05, 0.1) is 16.9 Å². The maximum atomic E-state index is 13.2. The average Bonchev–Trinajstić information content (AvgIpc) is 3.16. The van der Waals surface area contributed by atoms with E-state index in [1.165, 1.54) is 24.5 Å². The number of benzene rings is 2. The average molecular weight is 461 g/mol. The first kappa shape index (κ1) is 22.7. The van der Waals surface area contributed by atoms with Gasteiger partial charge in [0.15, 0.2) is 0 Å². The van der Waals surface area contributed by atoms with Gasteiger partial charge in [-0.3, -0.25) is 5.32 Å². The Morgan fingerprint density at radius 2 is 1.81 bits per heavy atom. The summed E-state index contributed by atoms with van der Waals surface area (Å²) in [4.78, 5) is 16.7. The first-order chi connectivity index (χ1) is 14.5. The fraction of sp³-hybridized carbons (Fsp3) is 0.238. The molecular formula is C21H24N4O4S2. The lowest BCUT2D eigenvalue weighted by atomic mass is 10.1. The fourth-order valence-corrected chi connectivity index (χ4v) is 5.50. The third-order valence-corrected chi connectivity index (χ3v) is 6.95. The highest BCUT2D eigenvalue weighted by atomic mass is 32.2.